The normalized spacial score (nSPS) is 12.1. The van der Waals surface area contributed by atoms with Gasteiger partial charge in [0.2, 0.25) is 0 Å². The number of hydrogen-bond donors (Lipinski definition) is 1. The lowest BCUT2D eigenvalue weighted by atomic mass is 10.1. The molecular weight excluding hydrogens is 230 g/mol. The maximum atomic E-state index is 9.36. The Morgan fingerprint density at radius 3 is 2.92 bits per heavy atom. The van der Waals surface area contributed by atoms with Gasteiger partial charge in [-0.15, -0.1) is 0 Å². The second-order valence-corrected chi connectivity index (χ2v) is 3.77. The summed E-state index contributed by atoms with van der Waals surface area (Å²) in [7, 11) is 0. The van der Waals surface area contributed by atoms with Gasteiger partial charge in [-0.2, -0.15) is 5.26 Å². The van der Waals surface area contributed by atoms with Crippen LogP contribution in [0.1, 0.15) is 12.0 Å². The van der Waals surface area contributed by atoms with E-state index in [2.05, 4.69) is 15.9 Å². The summed E-state index contributed by atoms with van der Waals surface area (Å²) < 4.78 is 0.995. The van der Waals surface area contributed by atoms with Crippen molar-refractivity contribution in [1.29, 1.82) is 5.26 Å². The molecule has 0 saturated carbocycles. The highest BCUT2D eigenvalue weighted by molar-refractivity contribution is 9.10. The van der Waals surface area contributed by atoms with E-state index in [9.17, 15) is 5.11 Å². The Kier molecular flexibility index (Phi) is 3.94. The first kappa shape index (κ1) is 10.2. The quantitative estimate of drug-likeness (QED) is 0.880. The predicted molar refractivity (Wildman–Crippen MR) is 54.1 cm³/mol. The topological polar surface area (TPSA) is 44.0 Å². The van der Waals surface area contributed by atoms with Crippen LogP contribution in [0.15, 0.2) is 28.7 Å². The number of halogens is 1. The fraction of sp³-hybridized carbons (Fsp3) is 0.300. The molecule has 13 heavy (non-hydrogen) atoms. The summed E-state index contributed by atoms with van der Waals surface area (Å²) >= 11 is 3.34. The maximum Gasteiger partial charge on any atom is 0.0710 e. The zero-order valence-corrected chi connectivity index (χ0v) is 8.66. The van der Waals surface area contributed by atoms with Crippen LogP contribution >= 0.6 is 15.9 Å². The van der Waals surface area contributed by atoms with Crippen LogP contribution in [0.3, 0.4) is 0 Å². The molecule has 1 aromatic carbocycles. The lowest BCUT2D eigenvalue weighted by Crippen LogP contribution is -2.08. The Morgan fingerprint density at radius 2 is 2.31 bits per heavy atom. The molecule has 0 aliphatic heterocycles. The van der Waals surface area contributed by atoms with Gasteiger partial charge < -0.3 is 5.11 Å². The first-order valence-electron chi connectivity index (χ1n) is 4.02. The molecule has 1 atom stereocenters. The number of aliphatic hydroxyl groups excluding tert-OH is 1. The third-order valence-electron chi connectivity index (χ3n) is 1.69. The molecule has 1 rings (SSSR count). The van der Waals surface area contributed by atoms with Crippen molar-refractivity contribution in [1.82, 2.24) is 0 Å². The number of nitriles is 1. The van der Waals surface area contributed by atoms with Gasteiger partial charge in [0.1, 0.15) is 0 Å². The summed E-state index contributed by atoms with van der Waals surface area (Å²) in [5, 5.41) is 17.7. The molecule has 1 aromatic rings. The van der Waals surface area contributed by atoms with E-state index in [1.807, 2.05) is 30.3 Å². The van der Waals surface area contributed by atoms with Gasteiger partial charge in [-0.05, 0) is 24.1 Å². The Balaban J connectivity index is 2.59. The van der Waals surface area contributed by atoms with Crippen LogP contribution in [-0.2, 0) is 6.42 Å². The van der Waals surface area contributed by atoms with E-state index in [0.717, 1.165) is 10.0 Å². The molecule has 1 unspecified atom stereocenters. The molecule has 1 N–H and O–H groups in total. The average molecular weight is 240 g/mol. The molecule has 0 radical (unpaired) electrons. The lowest BCUT2D eigenvalue weighted by molar-refractivity contribution is 0.180. The number of hydrogen-bond acceptors (Lipinski definition) is 2. The van der Waals surface area contributed by atoms with Crippen molar-refractivity contribution in [3.8, 4) is 6.07 Å². The van der Waals surface area contributed by atoms with E-state index in [1.165, 1.54) is 0 Å². The summed E-state index contributed by atoms with van der Waals surface area (Å²) in [5.41, 5.74) is 1.04. The summed E-state index contributed by atoms with van der Waals surface area (Å²) in [6.45, 7) is 0. The van der Waals surface area contributed by atoms with E-state index in [1.54, 1.807) is 0 Å². The van der Waals surface area contributed by atoms with Crippen LogP contribution in [0.5, 0.6) is 0 Å². The van der Waals surface area contributed by atoms with E-state index in [4.69, 9.17) is 5.26 Å². The molecule has 0 aliphatic carbocycles. The highest BCUT2D eigenvalue weighted by atomic mass is 79.9. The van der Waals surface area contributed by atoms with Crippen molar-refractivity contribution in [3.05, 3.63) is 34.3 Å². The molecule has 0 spiro atoms. The molecule has 0 fully saturated rings. The minimum atomic E-state index is -0.556. The standard InChI is InChI=1S/C10H10BrNO/c11-9-3-1-2-8(6-9)7-10(13)4-5-12/h1-3,6,10,13H,4,7H2. The highest BCUT2D eigenvalue weighted by Gasteiger charge is 2.04. The van der Waals surface area contributed by atoms with Crippen LogP contribution in [0.25, 0.3) is 0 Å². The van der Waals surface area contributed by atoms with Gasteiger partial charge in [0.25, 0.3) is 0 Å². The Bertz CT molecular complexity index is 319. The van der Waals surface area contributed by atoms with Gasteiger partial charge in [0.15, 0.2) is 0 Å². The van der Waals surface area contributed by atoms with Gasteiger partial charge in [0.05, 0.1) is 18.6 Å². The van der Waals surface area contributed by atoms with E-state index in [-0.39, 0.29) is 6.42 Å². The van der Waals surface area contributed by atoms with Gasteiger partial charge in [-0.3, -0.25) is 0 Å². The largest absolute Gasteiger partial charge is 0.392 e. The van der Waals surface area contributed by atoms with Gasteiger partial charge in [0, 0.05) is 4.47 Å². The second-order valence-electron chi connectivity index (χ2n) is 2.85. The van der Waals surface area contributed by atoms with Gasteiger partial charge in [-0.25, -0.2) is 0 Å². The third kappa shape index (κ3) is 3.58. The molecule has 2 nitrogen and oxygen atoms in total. The summed E-state index contributed by atoms with van der Waals surface area (Å²) in [5.74, 6) is 0. The fourth-order valence-electron chi connectivity index (χ4n) is 1.11. The summed E-state index contributed by atoms with van der Waals surface area (Å²) in [6.07, 6.45) is 0.166. The molecule has 0 saturated heterocycles. The first-order valence-corrected chi connectivity index (χ1v) is 4.81. The average Bonchev–Trinajstić information content (AvgIpc) is 2.04. The number of benzene rings is 1. The lowest BCUT2D eigenvalue weighted by Gasteiger charge is -2.05. The van der Waals surface area contributed by atoms with Crippen molar-refractivity contribution < 1.29 is 5.11 Å². The third-order valence-corrected chi connectivity index (χ3v) is 2.18. The number of nitrogens with zero attached hydrogens (tertiary/aromatic N) is 1. The fourth-order valence-corrected chi connectivity index (χ4v) is 1.56. The molecule has 0 aromatic heterocycles. The Morgan fingerprint density at radius 1 is 1.54 bits per heavy atom. The number of rotatable bonds is 3. The molecule has 0 bridgehead atoms. The molecule has 68 valence electrons. The Hall–Kier alpha value is -0.850. The van der Waals surface area contributed by atoms with Crippen molar-refractivity contribution in [2.75, 3.05) is 0 Å². The number of aliphatic hydroxyl groups is 1. The van der Waals surface area contributed by atoms with Crippen LogP contribution < -0.4 is 0 Å². The van der Waals surface area contributed by atoms with Crippen molar-refractivity contribution in [2.45, 2.75) is 18.9 Å². The molecule has 0 heterocycles. The molecular formula is C10H10BrNO. The van der Waals surface area contributed by atoms with Gasteiger partial charge >= 0.3 is 0 Å². The monoisotopic (exact) mass is 239 g/mol. The highest BCUT2D eigenvalue weighted by Crippen LogP contribution is 2.13. The second kappa shape index (κ2) is 5.00. The molecule has 3 heteroatoms. The Labute approximate surface area is 85.9 Å². The van der Waals surface area contributed by atoms with Crippen molar-refractivity contribution in [2.24, 2.45) is 0 Å². The van der Waals surface area contributed by atoms with Crippen LogP contribution in [0.2, 0.25) is 0 Å². The van der Waals surface area contributed by atoms with Crippen molar-refractivity contribution >= 4 is 15.9 Å². The maximum absolute atomic E-state index is 9.36. The van der Waals surface area contributed by atoms with Crippen molar-refractivity contribution in [3.63, 3.8) is 0 Å². The predicted octanol–water partition coefficient (Wildman–Crippen LogP) is 2.27. The smallest absolute Gasteiger partial charge is 0.0710 e. The minimum absolute atomic E-state index is 0.187. The van der Waals surface area contributed by atoms with E-state index >= 15 is 0 Å². The van der Waals surface area contributed by atoms with Crippen LogP contribution in [0, 0.1) is 11.3 Å². The zero-order valence-electron chi connectivity index (χ0n) is 7.07. The van der Waals surface area contributed by atoms with Gasteiger partial charge in [-0.1, -0.05) is 28.1 Å². The van der Waals surface area contributed by atoms with Crippen LogP contribution in [-0.4, -0.2) is 11.2 Å². The SMILES string of the molecule is N#CCC(O)Cc1cccc(Br)c1. The summed E-state index contributed by atoms with van der Waals surface area (Å²) in [6, 6.07) is 9.67. The molecule has 0 amide bonds. The zero-order chi connectivity index (χ0) is 9.68. The minimum Gasteiger partial charge on any atom is -0.392 e. The molecule has 0 aliphatic rings. The van der Waals surface area contributed by atoms with E-state index in [0.29, 0.717) is 6.42 Å². The van der Waals surface area contributed by atoms with Crippen LogP contribution in [0.4, 0.5) is 0 Å². The van der Waals surface area contributed by atoms with E-state index < -0.39 is 6.10 Å². The summed E-state index contributed by atoms with van der Waals surface area (Å²) in [4.78, 5) is 0. The first-order chi connectivity index (χ1) is 6.22.